The van der Waals surface area contributed by atoms with Crippen LogP contribution in [-0.2, 0) is 4.74 Å². The minimum Gasteiger partial charge on any atom is -0.450 e. The Morgan fingerprint density at radius 2 is 2.15 bits per heavy atom. The number of rotatable bonds is 2. The molecule has 2 rings (SSSR count). The highest BCUT2D eigenvalue weighted by molar-refractivity contribution is 5.68. The van der Waals surface area contributed by atoms with Crippen LogP contribution in [0.5, 0.6) is 0 Å². The van der Waals surface area contributed by atoms with E-state index in [2.05, 4.69) is 4.98 Å². The van der Waals surface area contributed by atoms with Crippen molar-refractivity contribution in [1.82, 2.24) is 9.88 Å². The first-order valence-corrected chi connectivity index (χ1v) is 6.49. The maximum absolute atomic E-state index is 11.6. The van der Waals surface area contributed by atoms with Crippen LogP contribution >= 0.6 is 0 Å². The Labute approximate surface area is 117 Å². The SMILES string of the molecule is CCOC(=O)N1CCN(c2ccc(N)c(C#N)n2)CC1. The Kier molecular flexibility index (Phi) is 4.25. The summed E-state index contributed by atoms with van der Waals surface area (Å²) in [6.07, 6.45) is -0.282. The number of hydrogen-bond acceptors (Lipinski definition) is 6. The third-order valence-electron chi connectivity index (χ3n) is 3.15. The van der Waals surface area contributed by atoms with E-state index in [1.54, 1.807) is 24.0 Å². The highest BCUT2D eigenvalue weighted by atomic mass is 16.6. The van der Waals surface area contributed by atoms with Gasteiger partial charge >= 0.3 is 6.09 Å². The van der Waals surface area contributed by atoms with Crippen LogP contribution in [-0.4, -0.2) is 48.8 Å². The molecule has 0 aromatic carbocycles. The number of anilines is 2. The molecule has 106 valence electrons. The van der Waals surface area contributed by atoms with E-state index in [1.165, 1.54) is 0 Å². The second-order valence-corrected chi connectivity index (χ2v) is 4.39. The van der Waals surface area contributed by atoms with Crippen molar-refractivity contribution in [3.63, 3.8) is 0 Å². The lowest BCUT2D eigenvalue weighted by atomic mass is 10.2. The second-order valence-electron chi connectivity index (χ2n) is 4.39. The molecule has 0 bridgehead atoms. The molecule has 1 saturated heterocycles. The molecular formula is C13H17N5O2. The summed E-state index contributed by atoms with van der Waals surface area (Å²) in [7, 11) is 0. The Morgan fingerprint density at radius 3 is 2.75 bits per heavy atom. The number of hydrogen-bond donors (Lipinski definition) is 1. The predicted molar refractivity (Wildman–Crippen MR) is 74.2 cm³/mol. The summed E-state index contributed by atoms with van der Waals surface area (Å²) in [5.74, 6) is 0.708. The molecule has 0 spiro atoms. The van der Waals surface area contributed by atoms with Gasteiger partial charge < -0.3 is 20.3 Å². The van der Waals surface area contributed by atoms with E-state index in [0.717, 1.165) is 0 Å². The van der Waals surface area contributed by atoms with E-state index in [0.29, 0.717) is 44.3 Å². The van der Waals surface area contributed by atoms with Crippen LogP contribution < -0.4 is 10.6 Å². The first-order valence-electron chi connectivity index (χ1n) is 6.49. The number of carbonyl (C=O) groups is 1. The molecule has 7 heteroatoms. The smallest absolute Gasteiger partial charge is 0.409 e. The molecule has 0 atom stereocenters. The van der Waals surface area contributed by atoms with Gasteiger partial charge in [-0.3, -0.25) is 0 Å². The van der Waals surface area contributed by atoms with Gasteiger partial charge in [0.15, 0.2) is 5.69 Å². The normalized spacial score (nSPS) is 14.8. The number of pyridine rings is 1. The molecule has 7 nitrogen and oxygen atoms in total. The fourth-order valence-electron chi connectivity index (χ4n) is 2.06. The van der Waals surface area contributed by atoms with Crippen molar-refractivity contribution in [3.8, 4) is 6.07 Å². The minimum atomic E-state index is -0.282. The maximum Gasteiger partial charge on any atom is 0.409 e. The van der Waals surface area contributed by atoms with Crippen molar-refractivity contribution in [2.75, 3.05) is 43.4 Å². The van der Waals surface area contributed by atoms with Crippen LogP contribution in [0.3, 0.4) is 0 Å². The van der Waals surface area contributed by atoms with Crippen LogP contribution in [0.1, 0.15) is 12.6 Å². The average molecular weight is 275 g/mol. The molecule has 1 amide bonds. The van der Waals surface area contributed by atoms with Gasteiger partial charge in [-0.2, -0.15) is 5.26 Å². The van der Waals surface area contributed by atoms with E-state index >= 15 is 0 Å². The minimum absolute atomic E-state index is 0.232. The van der Waals surface area contributed by atoms with Crippen LogP contribution in [0.25, 0.3) is 0 Å². The molecular weight excluding hydrogens is 258 g/mol. The Bertz CT molecular complexity index is 532. The Morgan fingerprint density at radius 1 is 1.45 bits per heavy atom. The van der Waals surface area contributed by atoms with Gasteiger partial charge in [0.2, 0.25) is 0 Å². The molecule has 1 aliphatic rings. The van der Waals surface area contributed by atoms with Crippen LogP contribution in [0.4, 0.5) is 16.3 Å². The third-order valence-corrected chi connectivity index (χ3v) is 3.15. The summed E-state index contributed by atoms with van der Waals surface area (Å²) in [6.45, 7) is 4.63. The molecule has 1 aromatic heterocycles. The number of carbonyl (C=O) groups excluding carboxylic acids is 1. The van der Waals surface area contributed by atoms with Crippen molar-refractivity contribution in [1.29, 1.82) is 5.26 Å². The number of amides is 1. The van der Waals surface area contributed by atoms with E-state index < -0.39 is 0 Å². The molecule has 2 N–H and O–H groups in total. The quantitative estimate of drug-likeness (QED) is 0.858. The van der Waals surface area contributed by atoms with Gasteiger partial charge in [0, 0.05) is 26.2 Å². The zero-order valence-corrected chi connectivity index (χ0v) is 11.4. The van der Waals surface area contributed by atoms with Gasteiger partial charge in [-0.05, 0) is 19.1 Å². The fourth-order valence-corrected chi connectivity index (χ4v) is 2.06. The van der Waals surface area contributed by atoms with Crippen LogP contribution in [0, 0.1) is 11.3 Å². The molecule has 0 radical (unpaired) electrons. The van der Waals surface area contributed by atoms with Gasteiger partial charge in [0.25, 0.3) is 0 Å². The molecule has 0 aliphatic carbocycles. The zero-order chi connectivity index (χ0) is 14.5. The number of nitrogens with two attached hydrogens (primary N) is 1. The van der Waals surface area contributed by atoms with Gasteiger partial charge in [0.05, 0.1) is 12.3 Å². The standard InChI is InChI=1S/C13H17N5O2/c1-2-20-13(19)18-7-5-17(6-8-18)12-4-3-10(15)11(9-14)16-12/h3-4H,2,5-8,15H2,1H3. The van der Waals surface area contributed by atoms with Crippen molar-refractivity contribution in [3.05, 3.63) is 17.8 Å². The van der Waals surface area contributed by atoms with Gasteiger partial charge in [0.1, 0.15) is 11.9 Å². The number of piperazine rings is 1. The van der Waals surface area contributed by atoms with Gasteiger partial charge in [-0.1, -0.05) is 0 Å². The summed E-state index contributed by atoms with van der Waals surface area (Å²) in [4.78, 5) is 19.5. The van der Waals surface area contributed by atoms with Crippen molar-refractivity contribution in [2.24, 2.45) is 0 Å². The fraction of sp³-hybridized carbons (Fsp3) is 0.462. The summed E-state index contributed by atoms with van der Waals surface area (Å²) < 4.78 is 4.97. The third kappa shape index (κ3) is 2.91. The number of nitrogens with zero attached hydrogens (tertiary/aromatic N) is 4. The summed E-state index contributed by atoms with van der Waals surface area (Å²) in [6, 6.07) is 5.44. The number of nitrogen functional groups attached to an aromatic ring is 1. The average Bonchev–Trinajstić information content (AvgIpc) is 2.48. The summed E-state index contributed by atoms with van der Waals surface area (Å²) >= 11 is 0. The molecule has 20 heavy (non-hydrogen) atoms. The lowest BCUT2D eigenvalue weighted by Gasteiger charge is -2.34. The highest BCUT2D eigenvalue weighted by Crippen LogP contribution is 2.18. The highest BCUT2D eigenvalue weighted by Gasteiger charge is 2.22. The molecule has 0 saturated carbocycles. The second kappa shape index (κ2) is 6.10. The van der Waals surface area contributed by atoms with Crippen molar-refractivity contribution < 1.29 is 9.53 Å². The molecule has 0 unspecified atom stereocenters. The lowest BCUT2D eigenvalue weighted by molar-refractivity contribution is 0.105. The van der Waals surface area contributed by atoms with Crippen LogP contribution in [0.2, 0.25) is 0 Å². The molecule has 1 aliphatic heterocycles. The van der Waals surface area contributed by atoms with Gasteiger partial charge in [-0.25, -0.2) is 9.78 Å². The molecule has 2 heterocycles. The first-order chi connectivity index (χ1) is 9.65. The molecule has 1 fully saturated rings. The summed E-state index contributed by atoms with van der Waals surface area (Å²) in [5, 5.41) is 8.93. The number of nitriles is 1. The van der Waals surface area contributed by atoms with Crippen LogP contribution in [0.15, 0.2) is 12.1 Å². The molecule has 1 aromatic rings. The first kappa shape index (κ1) is 13.9. The Hall–Kier alpha value is -2.49. The zero-order valence-electron chi connectivity index (χ0n) is 11.4. The predicted octanol–water partition coefficient (Wildman–Crippen LogP) is 0.814. The van der Waals surface area contributed by atoms with E-state index in [4.69, 9.17) is 15.7 Å². The number of ether oxygens (including phenoxy) is 1. The monoisotopic (exact) mass is 275 g/mol. The van der Waals surface area contributed by atoms with Gasteiger partial charge in [-0.15, -0.1) is 0 Å². The van der Waals surface area contributed by atoms with Crippen molar-refractivity contribution in [2.45, 2.75) is 6.92 Å². The number of aromatic nitrogens is 1. The Balaban J connectivity index is 2.01. The topological polar surface area (TPSA) is 95.5 Å². The maximum atomic E-state index is 11.6. The van der Waals surface area contributed by atoms with E-state index in [1.807, 2.05) is 11.0 Å². The lowest BCUT2D eigenvalue weighted by Crippen LogP contribution is -2.49. The van der Waals surface area contributed by atoms with E-state index in [-0.39, 0.29) is 11.8 Å². The van der Waals surface area contributed by atoms with Crippen molar-refractivity contribution >= 4 is 17.6 Å². The largest absolute Gasteiger partial charge is 0.450 e. The van der Waals surface area contributed by atoms with E-state index in [9.17, 15) is 4.79 Å². The summed E-state index contributed by atoms with van der Waals surface area (Å²) in [5.41, 5.74) is 6.26.